The second-order valence-corrected chi connectivity index (χ2v) is 5.35. The quantitative estimate of drug-likeness (QED) is 0.886. The minimum atomic E-state index is 0.350. The van der Waals surface area contributed by atoms with E-state index in [0.717, 1.165) is 32.5 Å². The fourth-order valence-corrected chi connectivity index (χ4v) is 2.87. The van der Waals surface area contributed by atoms with Gasteiger partial charge < -0.3 is 10.5 Å². The molecule has 2 rings (SSSR count). The topological polar surface area (TPSA) is 38.5 Å². The molecule has 3 heteroatoms. The van der Waals surface area contributed by atoms with Crippen molar-refractivity contribution in [2.24, 2.45) is 5.73 Å². The van der Waals surface area contributed by atoms with E-state index in [0.29, 0.717) is 18.7 Å². The number of rotatable bonds is 5. The van der Waals surface area contributed by atoms with E-state index in [9.17, 15) is 0 Å². The highest BCUT2D eigenvalue weighted by Gasteiger charge is 2.25. The van der Waals surface area contributed by atoms with Gasteiger partial charge in [-0.25, -0.2) is 0 Å². The van der Waals surface area contributed by atoms with Gasteiger partial charge in [-0.15, -0.1) is 0 Å². The van der Waals surface area contributed by atoms with Crippen LogP contribution < -0.4 is 5.73 Å². The van der Waals surface area contributed by atoms with Gasteiger partial charge in [-0.1, -0.05) is 29.8 Å². The van der Waals surface area contributed by atoms with Gasteiger partial charge in [0, 0.05) is 32.3 Å². The molecule has 19 heavy (non-hydrogen) atoms. The maximum atomic E-state index is 5.99. The molecule has 1 atom stereocenters. The van der Waals surface area contributed by atoms with E-state index in [4.69, 9.17) is 10.5 Å². The van der Waals surface area contributed by atoms with Crippen LogP contribution in [0.2, 0.25) is 0 Å². The lowest BCUT2D eigenvalue weighted by molar-refractivity contribution is 0.00452. The van der Waals surface area contributed by atoms with Gasteiger partial charge in [-0.05, 0) is 32.3 Å². The summed E-state index contributed by atoms with van der Waals surface area (Å²) >= 11 is 0. The first kappa shape index (κ1) is 14.5. The van der Waals surface area contributed by atoms with Crippen molar-refractivity contribution in [3.63, 3.8) is 0 Å². The molecule has 106 valence electrons. The van der Waals surface area contributed by atoms with Crippen LogP contribution in [0.1, 0.15) is 36.9 Å². The number of piperidine rings is 1. The standard InChI is InChI=1S/C16H26N2O/c1-3-19-15-8-10-18(11-9-15)16(12-17)14-6-4-13(2)5-7-14/h4-7,15-16H,3,8-12,17H2,1-2H3. The third kappa shape index (κ3) is 3.78. The normalized spacial score (nSPS) is 19.5. The molecule has 1 aromatic carbocycles. The smallest absolute Gasteiger partial charge is 0.0599 e. The molecule has 0 aromatic heterocycles. The van der Waals surface area contributed by atoms with Crippen molar-refractivity contribution in [3.8, 4) is 0 Å². The summed E-state index contributed by atoms with van der Waals surface area (Å²) in [5.74, 6) is 0. The van der Waals surface area contributed by atoms with Crippen LogP contribution in [0.5, 0.6) is 0 Å². The van der Waals surface area contributed by atoms with E-state index in [2.05, 4.69) is 43.0 Å². The lowest BCUT2D eigenvalue weighted by atomic mass is 9.99. The van der Waals surface area contributed by atoms with Crippen molar-refractivity contribution in [3.05, 3.63) is 35.4 Å². The number of nitrogens with two attached hydrogens (primary N) is 1. The summed E-state index contributed by atoms with van der Waals surface area (Å²) in [7, 11) is 0. The van der Waals surface area contributed by atoms with E-state index in [1.54, 1.807) is 0 Å². The van der Waals surface area contributed by atoms with Crippen LogP contribution in [0.15, 0.2) is 24.3 Å². The van der Waals surface area contributed by atoms with Gasteiger partial charge in [-0.3, -0.25) is 4.90 Å². The molecule has 1 aromatic rings. The van der Waals surface area contributed by atoms with Crippen molar-refractivity contribution in [2.45, 2.75) is 38.8 Å². The molecule has 0 spiro atoms. The number of benzene rings is 1. The Hall–Kier alpha value is -0.900. The molecule has 1 unspecified atom stereocenters. The number of aryl methyl sites for hydroxylation is 1. The highest BCUT2D eigenvalue weighted by Crippen LogP contribution is 2.25. The lowest BCUT2D eigenvalue weighted by Gasteiger charge is -2.37. The zero-order valence-corrected chi connectivity index (χ0v) is 12.1. The molecule has 1 aliphatic rings. The largest absolute Gasteiger partial charge is 0.378 e. The molecule has 0 amide bonds. The Kier molecular flexibility index (Phi) is 5.37. The molecule has 1 saturated heterocycles. The van der Waals surface area contributed by atoms with Crippen LogP contribution in [0.3, 0.4) is 0 Å². The molecular formula is C16H26N2O. The number of nitrogens with zero attached hydrogens (tertiary/aromatic N) is 1. The van der Waals surface area contributed by atoms with E-state index < -0.39 is 0 Å². The summed E-state index contributed by atoms with van der Waals surface area (Å²) in [4.78, 5) is 2.50. The van der Waals surface area contributed by atoms with E-state index >= 15 is 0 Å². The second kappa shape index (κ2) is 7.04. The predicted molar refractivity (Wildman–Crippen MR) is 79.2 cm³/mol. The molecule has 2 N–H and O–H groups in total. The molecule has 1 aliphatic heterocycles. The zero-order chi connectivity index (χ0) is 13.7. The van der Waals surface area contributed by atoms with E-state index in [1.807, 2.05) is 0 Å². The Labute approximate surface area is 116 Å². The fourth-order valence-electron chi connectivity index (χ4n) is 2.87. The lowest BCUT2D eigenvalue weighted by Crippen LogP contribution is -2.41. The molecule has 3 nitrogen and oxygen atoms in total. The molecule has 1 fully saturated rings. The van der Waals surface area contributed by atoms with Crippen molar-refractivity contribution in [2.75, 3.05) is 26.2 Å². The summed E-state index contributed by atoms with van der Waals surface area (Å²) in [6.45, 7) is 7.86. The summed E-state index contributed by atoms with van der Waals surface area (Å²) < 4.78 is 5.71. The third-order valence-corrected chi connectivity index (χ3v) is 4.01. The van der Waals surface area contributed by atoms with Gasteiger partial charge in [0.15, 0.2) is 0 Å². The molecule has 0 radical (unpaired) electrons. The van der Waals surface area contributed by atoms with Gasteiger partial charge in [0.1, 0.15) is 0 Å². The first-order valence-corrected chi connectivity index (χ1v) is 7.37. The zero-order valence-electron chi connectivity index (χ0n) is 12.1. The van der Waals surface area contributed by atoms with Crippen molar-refractivity contribution >= 4 is 0 Å². The maximum absolute atomic E-state index is 5.99. The van der Waals surface area contributed by atoms with Crippen molar-refractivity contribution in [1.29, 1.82) is 0 Å². The fraction of sp³-hybridized carbons (Fsp3) is 0.625. The molecule has 0 saturated carbocycles. The van der Waals surface area contributed by atoms with Crippen molar-refractivity contribution in [1.82, 2.24) is 4.90 Å². The number of hydrogen-bond acceptors (Lipinski definition) is 3. The van der Waals surface area contributed by atoms with Crippen LogP contribution in [0.25, 0.3) is 0 Å². The Morgan fingerprint density at radius 2 is 1.89 bits per heavy atom. The minimum Gasteiger partial charge on any atom is -0.378 e. The summed E-state index contributed by atoms with van der Waals surface area (Å²) in [6.07, 6.45) is 2.68. The Morgan fingerprint density at radius 3 is 2.42 bits per heavy atom. The number of hydrogen-bond donors (Lipinski definition) is 1. The summed E-state index contributed by atoms with van der Waals surface area (Å²) in [5, 5.41) is 0. The van der Waals surface area contributed by atoms with Gasteiger partial charge in [-0.2, -0.15) is 0 Å². The first-order valence-electron chi connectivity index (χ1n) is 7.37. The predicted octanol–water partition coefficient (Wildman–Crippen LogP) is 2.50. The molecule has 0 aliphatic carbocycles. The molecule has 1 heterocycles. The maximum Gasteiger partial charge on any atom is 0.0599 e. The highest BCUT2D eigenvalue weighted by molar-refractivity contribution is 5.24. The van der Waals surface area contributed by atoms with Gasteiger partial charge >= 0.3 is 0 Å². The van der Waals surface area contributed by atoms with Gasteiger partial charge in [0.25, 0.3) is 0 Å². The Bertz CT molecular complexity index is 369. The molecular weight excluding hydrogens is 236 g/mol. The number of likely N-dealkylation sites (tertiary alicyclic amines) is 1. The van der Waals surface area contributed by atoms with Crippen LogP contribution in [0, 0.1) is 6.92 Å². The van der Waals surface area contributed by atoms with E-state index in [-0.39, 0.29) is 0 Å². The summed E-state index contributed by atoms with van der Waals surface area (Å²) in [5.41, 5.74) is 8.63. The minimum absolute atomic E-state index is 0.350. The highest BCUT2D eigenvalue weighted by atomic mass is 16.5. The van der Waals surface area contributed by atoms with Crippen LogP contribution in [-0.4, -0.2) is 37.2 Å². The summed E-state index contributed by atoms with van der Waals surface area (Å²) in [6, 6.07) is 9.11. The van der Waals surface area contributed by atoms with Crippen LogP contribution in [-0.2, 0) is 4.74 Å². The Morgan fingerprint density at radius 1 is 1.26 bits per heavy atom. The average Bonchev–Trinajstić information content (AvgIpc) is 2.44. The van der Waals surface area contributed by atoms with E-state index in [1.165, 1.54) is 11.1 Å². The van der Waals surface area contributed by atoms with Gasteiger partial charge in [0.05, 0.1) is 6.10 Å². The monoisotopic (exact) mass is 262 g/mol. The second-order valence-electron chi connectivity index (χ2n) is 5.35. The van der Waals surface area contributed by atoms with Gasteiger partial charge in [0.2, 0.25) is 0 Å². The average molecular weight is 262 g/mol. The number of ether oxygens (including phenoxy) is 1. The van der Waals surface area contributed by atoms with Crippen LogP contribution in [0.4, 0.5) is 0 Å². The molecule has 0 bridgehead atoms. The van der Waals surface area contributed by atoms with Crippen molar-refractivity contribution < 1.29 is 4.74 Å². The first-order chi connectivity index (χ1) is 9.24. The third-order valence-electron chi connectivity index (χ3n) is 4.01. The Balaban J connectivity index is 1.97. The SMILES string of the molecule is CCOC1CCN(C(CN)c2ccc(C)cc2)CC1. The van der Waals surface area contributed by atoms with Crippen LogP contribution >= 0.6 is 0 Å².